The Morgan fingerprint density at radius 2 is 2.06 bits per heavy atom. The maximum absolute atomic E-state index is 12.2. The van der Waals surface area contributed by atoms with Crippen LogP contribution < -0.4 is 11.1 Å². The largest absolute Gasteiger partial charge is 0.386 e. The lowest BCUT2D eigenvalue weighted by Gasteiger charge is -2.28. The van der Waals surface area contributed by atoms with Crippen LogP contribution in [0.5, 0.6) is 0 Å². The molecule has 98 valence electrons. The van der Waals surface area contributed by atoms with Crippen LogP contribution in [0.25, 0.3) is 0 Å². The van der Waals surface area contributed by atoms with E-state index >= 15 is 0 Å². The topological polar surface area (TPSA) is 84.6 Å². The molecule has 1 atom stereocenters. The standard InChI is InChI=1S/C12H22N2O3/c13-7-11(3-1-2-4-11)10(15)14-8-12(16)5-6-17-9-12/h16H,1-9,13H2,(H,14,15). The number of nitrogens with two attached hydrogens (primary N) is 1. The number of hydrogen-bond donors (Lipinski definition) is 3. The first-order valence-corrected chi connectivity index (χ1v) is 6.39. The van der Waals surface area contributed by atoms with E-state index in [-0.39, 0.29) is 12.5 Å². The van der Waals surface area contributed by atoms with E-state index in [9.17, 15) is 9.90 Å². The zero-order valence-corrected chi connectivity index (χ0v) is 10.2. The first-order valence-electron chi connectivity index (χ1n) is 6.39. The molecule has 1 saturated heterocycles. The van der Waals surface area contributed by atoms with Gasteiger partial charge in [-0.3, -0.25) is 4.79 Å². The Kier molecular flexibility index (Phi) is 3.70. The lowest BCUT2D eigenvalue weighted by Crippen LogP contribution is -2.50. The van der Waals surface area contributed by atoms with Crippen LogP contribution in [0.15, 0.2) is 0 Å². The minimum atomic E-state index is -0.885. The number of carbonyl (C=O) groups is 1. The predicted octanol–water partition coefficient (Wildman–Crippen LogP) is -0.227. The van der Waals surface area contributed by atoms with Gasteiger partial charge in [-0.2, -0.15) is 0 Å². The smallest absolute Gasteiger partial charge is 0.227 e. The number of nitrogens with one attached hydrogen (secondary N) is 1. The Morgan fingerprint density at radius 3 is 2.59 bits per heavy atom. The molecule has 1 unspecified atom stereocenters. The van der Waals surface area contributed by atoms with Crippen molar-refractivity contribution in [2.24, 2.45) is 11.1 Å². The molecule has 1 aliphatic carbocycles. The molecule has 2 aliphatic rings. The van der Waals surface area contributed by atoms with Gasteiger partial charge in [-0.05, 0) is 12.8 Å². The van der Waals surface area contributed by atoms with E-state index in [0.717, 1.165) is 25.7 Å². The van der Waals surface area contributed by atoms with Gasteiger partial charge in [0.2, 0.25) is 5.91 Å². The summed E-state index contributed by atoms with van der Waals surface area (Å²) < 4.78 is 5.14. The van der Waals surface area contributed by atoms with Gasteiger partial charge in [0.1, 0.15) is 5.60 Å². The molecule has 2 fully saturated rings. The van der Waals surface area contributed by atoms with Crippen molar-refractivity contribution < 1.29 is 14.6 Å². The van der Waals surface area contributed by atoms with Crippen molar-refractivity contribution in [1.82, 2.24) is 5.32 Å². The Bertz CT molecular complexity index is 281. The highest BCUT2D eigenvalue weighted by molar-refractivity contribution is 5.83. The molecule has 0 radical (unpaired) electrons. The van der Waals surface area contributed by atoms with Gasteiger partial charge in [-0.25, -0.2) is 0 Å². The molecule has 1 amide bonds. The van der Waals surface area contributed by atoms with Crippen molar-refractivity contribution in [2.75, 3.05) is 26.3 Å². The maximum atomic E-state index is 12.2. The molecule has 0 spiro atoms. The SMILES string of the molecule is NCC1(C(=O)NCC2(O)CCOC2)CCCC1. The lowest BCUT2D eigenvalue weighted by atomic mass is 9.85. The Balaban J connectivity index is 1.88. The van der Waals surface area contributed by atoms with Gasteiger partial charge in [-0.15, -0.1) is 0 Å². The van der Waals surface area contributed by atoms with Crippen LogP contribution in [0.4, 0.5) is 0 Å². The molecule has 2 rings (SSSR count). The highest BCUT2D eigenvalue weighted by atomic mass is 16.5. The number of hydrogen-bond acceptors (Lipinski definition) is 4. The molecule has 1 saturated carbocycles. The van der Waals surface area contributed by atoms with E-state index in [4.69, 9.17) is 10.5 Å². The monoisotopic (exact) mass is 242 g/mol. The van der Waals surface area contributed by atoms with E-state index in [0.29, 0.717) is 26.2 Å². The fourth-order valence-corrected chi connectivity index (χ4v) is 2.74. The number of aliphatic hydroxyl groups is 1. The third kappa shape index (κ3) is 2.61. The third-order valence-electron chi connectivity index (χ3n) is 4.09. The number of amides is 1. The zero-order chi connectivity index (χ0) is 12.4. The Hall–Kier alpha value is -0.650. The summed E-state index contributed by atoms with van der Waals surface area (Å²) in [5.41, 5.74) is 4.46. The fraction of sp³-hybridized carbons (Fsp3) is 0.917. The summed E-state index contributed by atoms with van der Waals surface area (Å²) in [6, 6.07) is 0. The van der Waals surface area contributed by atoms with E-state index < -0.39 is 11.0 Å². The minimum absolute atomic E-state index is 0.00201. The van der Waals surface area contributed by atoms with Crippen molar-refractivity contribution in [3.05, 3.63) is 0 Å². The molecule has 4 N–H and O–H groups in total. The number of ether oxygens (including phenoxy) is 1. The van der Waals surface area contributed by atoms with E-state index in [2.05, 4.69) is 5.32 Å². The number of rotatable bonds is 4. The maximum Gasteiger partial charge on any atom is 0.227 e. The zero-order valence-electron chi connectivity index (χ0n) is 10.2. The highest BCUT2D eigenvalue weighted by Crippen LogP contribution is 2.37. The van der Waals surface area contributed by atoms with E-state index in [1.165, 1.54) is 0 Å². The number of carbonyl (C=O) groups excluding carboxylic acids is 1. The molecule has 0 aromatic rings. The van der Waals surface area contributed by atoms with Crippen LogP contribution in [0.1, 0.15) is 32.1 Å². The van der Waals surface area contributed by atoms with Crippen molar-refractivity contribution in [1.29, 1.82) is 0 Å². The molecule has 0 bridgehead atoms. The molecule has 0 aromatic carbocycles. The van der Waals surface area contributed by atoms with Gasteiger partial charge < -0.3 is 20.9 Å². The summed E-state index contributed by atoms with van der Waals surface area (Å²) in [7, 11) is 0. The third-order valence-corrected chi connectivity index (χ3v) is 4.09. The summed E-state index contributed by atoms with van der Waals surface area (Å²) in [6.45, 7) is 1.54. The van der Waals surface area contributed by atoms with Crippen molar-refractivity contribution >= 4 is 5.91 Å². The average molecular weight is 242 g/mol. The second kappa shape index (κ2) is 4.92. The van der Waals surface area contributed by atoms with Crippen molar-refractivity contribution in [3.8, 4) is 0 Å². The molecule has 5 heteroatoms. The van der Waals surface area contributed by atoms with Crippen LogP contribution in [0.3, 0.4) is 0 Å². The van der Waals surface area contributed by atoms with Gasteiger partial charge in [0.05, 0.1) is 12.0 Å². The molecule has 1 aliphatic heterocycles. The molecular weight excluding hydrogens is 220 g/mol. The molecule has 1 heterocycles. The molecule has 5 nitrogen and oxygen atoms in total. The lowest BCUT2D eigenvalue weighted by molar-refractivity contribution is -0.131. The summed E-state index contributed by atoms with van der Waals surface area (Å²) in [5.74, 6) is -0.00201. The fourth-order valence-electron chi connectivity index (χ4n) is 2.74. The van der Waals surface area contributed by atoms with Gasteiger partial charge in [0, 0.05) is 26.1 Å². The first-order chi connectivity index (χ1) is 8.10. The summed E-state index contributed by atoms with van der Waals surface area (Å²) >= 11 is 0. The normalized spacial score (nSPS) is 31.6. The first kappa shape index (κ1) is 12.8. The van der Waals surface area contributed by atoms with Crippen molar-refractivity contribution in [3.63, 3.8) is 0 Å². The van der Waals surface area contributed by atoms with Crippen LogP contribution in [0, 0.1) is 5.41 Å². The van der Waals surface area contributed by atoms with Crippen molar-refractivity contribution in [2.45, 2.75) is 37.7 Å². The molecule has 0 aromatic heterocycles. The highest BCUT2D eigenvalue weighted by Gasteiger charge is 2.41. The van der Waals surface area contributed by atoms with Gasteiger partial charge in [0.25, 0.3) is 0 Å². The quantitative estimate of drug-likeness (QED) is 0.636. The second-order valence-electron chi connectivity index (χ2n) is 5.40. The summed E-state index contributed by atoms with van der Waals surface area (Å²) in [6.07, 6.45) is 4.45. The summed E-state index contributed by atoms with van der Waals surface area (Å²) in [5, 5.41) is 12.9. The van der Waals surface area contributed by atoms with Crippen LogP contribution in [-0.4, -0.2) is 42.9 Å². The van der Waals surface area contributed by atoms with E-state index in [1.54, 1.807) is 0 Å². The molecular formula is C12H22N2O3. The van der Waals surface area contributed by atoms with Gasteiger partial charge in [0.15, 0.2) is 0 Å². The van der Waals surface area contributed by atoms with E-state index in [1.807, 2.05) is 0 Å². The minimum Gasteiger partial charge on any atom is -0.386 e. The Morgan fingerprint density at radius 1 is 1.35 bits per heavy atom. The van der Waals surface area contributed by atoms with Crippen LogP contribution in [-0.2, 0) is 9.53 Å². The van der Waals surface area contributed by atoms with Crippen LogP contribution in [0.2, 0.25) is 0 Å². The average Bonchev–Trinajstić information content (AvgIpc) is 2.96. The predicted molar refractivity (Wildman–Crippen MR) is 63.4 cm³/mol. The molecule has 17 heavy (non-hydrogen) atoms. The Labute approximate surface area is 102 Å². The van der Waals surface area contributed by atoms with Gasteiger partial charge >= 0.3 is 0 Å². The van der Waals surface area contributed by atoms with Gasteiger partial charge in [-0.1, -0.05) is 12.8 Å². The summed E-state index contributed by atoms with van der Waals surface area (Å²) in [4.78, 5) is 12.2. The van der Waals surface area contributed by atoms with Crippen LogP contribution >= 0.6 is 0 Å². The second-order valence-corrected chi connectivity index (χ2v) is 5.40.